The van der Waals surface area contributed by atoms with Crippen molar-refractivity contribution in [2.45, 2.75) is 116 Å². The van der Waals surface area contributed by atoms with Crippen LogP contribution >= 0.6 is 0 Å². The number of anilines is 3. The van der Waals surface area contributed by atoms with E-state index in [4.69, 9.17) is 4.52 Å². The van der Waals surface area contributed by atoms with Gasteiger partial charge in [-0.2, -0.15) is 4.98 Å². The Balaban J connectivity index is 0.894. The number of hydrogen-bond donors (Lipinski definition) is 3. The predicted molar refractivity (Wildman–Crippen MR) is 206 cm³/mol. The first-order valence-electron chi connectivity index (χ1n) is 19.3. The number of carbonyl (C=O) groups is 3. The molecule has 0 spiro atoms. The van der Waals surface area contributed by atoms with E-state index in [1.807, 2.05) is 78.2 Å². The van der Waals surface area contributed by atoms with E-state index in [2.05, 4.69) is 58.1 Å². The summed E-state index contributed by atoms with van der Waals surface area (Å²) in [5, 5.41) is 14.7. The van der Waals surface area contributed by atoms with Crippen molar-refractivity contribution < 1.29 is 18.9 Å². The average Bonchev–Trinajstić information content (AvgIpc) is 3.66. The Kier molecular flexibility index (Phi) is 10.9. The number of benzene rings is 3. The van der Waals surface area contributed by atoms with E-state index in [1.54, 1.807) is 0 Å². The molecule has 0 saturated heterocycles. The molecule has 1 aromatic heterocycles. The molecule has 4 aromatic rings. The maximum absolute atomic E-state index is 13.2. The molecule has 0 radical (unpaired) electrons. The van der Waals surface area contributed by atoms with Crippen LogP contribution in [0.1, 0.15) is 108 Å². The lowest BCUT2D eigenvalue weighted by Crippen LogP contribution is -2.47. The summed E-state index contributed by atoms with van der Waals surface area (Å²) in [6, 6.07) is 25.0. The van der Waals surface area contributed by atoms with E-state index in [0.717, 1.165) is 66.7 Å². The van der Waals surface area contributed by atoms with Crippen molar-refractivity contribution in [1.82, 2.24) is 20.8 Å². The molecule has 3 N–H and O–H groups in total. The van der Waals surface area contributed by atoms with Crippen LogP contribution in [-0.4, -0.2) is 46.0 Å². The van der Waals surface area contributed by atoms with Crippen molar-refractivity contribution >= 4 is 34.8 Å². The minimum atomic E-state index is -0.0518. The standard InChI is InChI=1S/C42H51N7O4/c1-5-39(50)48-26(3)23-34(32-11-7-9-13-36(32)48)44-30-19-15-28(16-20-30)41(52)43-25-38-46-42(53-47-38)29-17-21-31(22-18-29)45-35-24-27(4)49(40(51)6-2)37-14-10-8-12-33(35)37/h7-14,17-18,21-22,26-28,30,34-35,44-45H,5-6,15-16,19-20,23-25H2,1-4H3,(H,43,52)/t26-,27-,28?,30?,34+,35+/m0/s1. The first kappa shape index (κ1) is 36.3. The molecular weight excluding hydrogens is 667 g/mol. The molecule has 1 saturated carbocycles. The molecule has 3 aromatic carbocycles. The summed E-state index contributed by atoms with van der Waals surface area (Å²) >= 11 is 0. The fourth-order valence-electron chi connectivity index (χ4n) is 8.49. The third kappa shape index (κ3) is 7.71. The van der Waals surface area contributed by atoms with E-state index in [1.165, 1.54) is 5.56 Å². The van der Waals surface area contributed by atoms with Crippen molar-refractivity contribution in [2.24, 2.45) is 5.92 Å². The minimum absolute atomic E-state index is 0.0244. The Morgan fingerprint density at radius 3 is 1.92 bits per heavy atom. The van der Waals surface area contributed by atoms with Crippen LogP contribution in [-0.2, 0) is 20.9 Å². The van der Waals surface area contributed by atoms with E-state index in [9.17, 15) is 14.4 Å². The highest BCUT2D eigenvalue weighted by atomic mass is 16.5. The molecule has 2 aliphatic heterocycles. The maximum atomic E-state index is 13.2. The van der Waals surface area contributed by atoms with Gasteiger partial charge in [-0.15, -0.1) is 0 Å². The lowest BCUT2D eigenvalue weighted by Gasteiger charge is -2.41. The van der Waals surface area contributed by atoms with Gasteiger partial charge < -0.3 is 30.3 Å². The molecule has 3 amide bonds. The average molecular weight is 718 g/mol. The quantitative estimate of drug-likeness (QED) is 0.154. The van der Waals surface area contributed by atoms with Gasteiger partial charge in [-0.1, -0.05) is 55.4 Å². The van der Waals surface area contributed by atoms with Crippen LogP contribution < -0.4 is 25.8 Å². The van der Waals surface area contributed by atoms with E-state index in [0.29, 0.717) is 30.6 Å². The van der Waals surface area contributed by atoms with Crippen LogP contribution in [0.15, 0.2) is 77.3 Å². The first-order chi connectivity index (χ1) is 25.7. The van der Waals surface area contributed by atoms with Crippen LogP contribution in [0.2, 0.25) is 0 Å². The topological polar surface area (TPSA) is 133 Å². The summed E-state index contributed by atoms with van der Waals surface area (Å²) in [6.07, 6.45) is 6.10. The summed E-state index contributed by atoms with van der Waals surface area (Å²) in [5.41, 5.74) is 6.03. The molecule has 278 valence electrons. The highest BCUT2D eigenvalue weighted by Gasteiger charge is 2.36. The van der Waals surface area contributed by atoms with E-state index in [-0.39, 0.29) is 54.4 Å². The Bertz CT molecular complexity index is 1920. The number of nitrogens with one attached hydrogen (secondary N) is 3. The third-order valence-corrected chi connectivity index (χ3v) is 11.2. The van der Waals surface area contributed by atoms with Crippen molar-refractivity contribution in [1.29, 1.82) is 0 Å². The second kappa shape index (κ2) is 15.9. The molecule has 0 unspecified atom stereocenters. The molecule has 11 heteroatoms. The van der Waals surface area contributed by atoms with Crippen LogP contribution in [0.4, 0.5) is 17.1 Å². The molecule has 1 aliphatic carbocycles. The molecule has 53 heavy (non-hydrogen) atoms. The summed E-state index contributed by atoms with van der Waals surface area (Å²) < 4.78 is 5.57. The highest BCUT2D eigenvalue weighted by molar-refractivity contribution is 5.96. The van der Waals surface area contributed by atoms with Crippen LogP contribution in [0, 0.1) is 5.92 Å². The fraction of sp³-hybridized carbons (Fsp3) is 0.452. The van der Waals surface area contributed by atoms with Crippen molar-refractivity contribution in [3.05, 3.63) is 89.7 Å². The van der Waals surface area contributed by atoms with Gasteiger partial charge in [0.05, 0.1) is 12.6 Å². The Hall–Kier alpha value is -5.03. The molecule has 0 bridgehead atoms. The van der Waals surface area contributed by atoms with Crippen molar-refractivity contribution in [3.63, 3.8) is 0 Å². The number of nitrogens with zero attached hydrogens (tertiary/aromatic N) is 4. The Morgan fingerprint density at radius 2 is 1.32 bits per heavy atom. The van der Waals surface area contributed by atoms with Gasteiger partial charge in [0.2, 0.25) is 17.7 Å². The summed E-state index contributed by atoms with van der Waals surface area (Å²) in [5.74, 6) is 1.11. The lowest BCUT2D eigenvalue weighted by molar-refractivity contribution is -0.126. The van der Waals surface area contributed by atoms with Gasteiger partial charge in [0.15, 0.2) is 5.82 Å². The van der Waals surface area contributed by atoms with Gasteiger partial charge in [-0.3, -0.25) is 14.4 Å². The van der Waals surface area contributed by atoms with E-state index < -0.39 is 0 Å². The minimum Gasteiger partial charge on any atom is -0.378 e. The normalized spacial score (nSPS) is 23.8. The van der Waals surface area contributed by atoms with Crippen LogP contribution in [0.3, 0.4) is 0 Å². The number of amides is 3. The van der Waals surface area contributed by atoms with Crippen LogP contribution in [0.25, 0.3) is 11.5 Å². The number of fused-ring (bicyclic) bond motifs is 2. The molecule has 3 aliphatic rings. The first-order valence-corrected chi connectivity index (χ1v) is 19.3. The molecular formula is C42H51N7O4. The molecule has 1 fully saturated rings. The number of rotatable bonds is 10. The van der Waals surface area contributed by atoms with Gasteiger partial charge in [-0.25, -0.2) is 0 Å². The number of carbonyl (C=O) groups excluding carboxylic acids is 3. The Labute approximate surface area is 311 Å². The number of para-hydroxylation sites is 2. The number of hydrogen-bond acceptors (Lipinski definition) is 8. The molecule has 3 heterocycles. The monoisotopic (exact) mass is 717 g/mol. The lowest BCUT2D eigenvalue weighted by atomic mass is 9.83. The third-order valence-electron chi connectivity index (χ3n) is 11.2. The zero-order chi connectivity index (χ0) is 37.1. The van der Waals surface area contributed by atoms with Crippen molar-refractivity contribution in [2.75, 3.05) is 15.1 Å². The zero-order valence-corrected chi connectivity index (χ0v) is 31.2. The zero-order valence-electron chi connectivity index (χ0n) is 31.2. The summed E-state index contributed by atoms with van der Waals surface area (Å²) in [6.45, 7) is 8.26. The number of aromatic nitrogens is 2. The molecule has 7 rings (SSSR count). The molecule has 4 atom stereocenters. The largest absolute Gasteiger partial charge is 0.378 e. The summed E-state index contributed by atoms with van der Waals surface area (Å²) in [7, 11) is 0. The van der Waals surface area contributed by atoms with E-state index >= 15 is 0 Å². The van der Waals surface area contributed by atoms with Crippen LogP contribution in [0.5, 0.6) is 0 Å². The van der Waals surface area contributed by atoms with Gasteiger partial charge in [-0.05, 0) is 99.9 Å². The Morgan fingerprint density at radius 1 is 0.755 bits per heavy atom. The second-order valence-electron chi connectivity index (χ2n) is 14.8. The highest BCUT2D eigenvalue weighted by Crippen LogP contribution is 2.40. The SMILES string of the molecule is CCC(=O)N1c2ccccc2[C@H](Nc2ccc(-c3nc(CNC(=O)C4CCC(N[C@@H]5C[C@H](C)N(C(=O)CC)c6ccccc65)CC4)no3)cc2)C[C@@H]1C. The maximum Gasteiger partial charge on any atom is 0.257 e. The van der Waals surface area contributed by atoms with Gasteiger partial charge in [0, 0.05) is 65.6 Å². The smallest absolute Gasteiger partial charge is 0.257 e. The summed E-state index contributed by atoms with van der Waals surface area (Å²) in [4.78, 5) is 47.0. The fourth-order valence-corrected chi connectivity index (χ4v) is 8.49. The van der Waals surface area contributed by atoms with Crippen molar-refractivity contribution in [3.8, 4) is 11.5 Å². The molecule has 11 nitrogen and oxygen atoms in total. The second-order valence-corrected chi connectivity index (χ2v) is 14.8. The van der Waals surface area contributed by atoms with Gasteiger partial charge >= 0.3 is 0 Å². The predicted octanol–water partition coefficient (Wildman–Crippen LogP) is 7.47. The van der Waals surface area contributed by atoms with Gasteiger partial charge in [0.1, 0.15) is 0 Å². The van der Waals surface area contributed by atoms with Gasteiger partial charge in [0.25, 0.3) is 5.89 Å².